The van der Waals surface area contributed by atoms with Crippen molar-refractivity contribution in [2.75, 3.05) is 13.7 Å². The molecule has 0 bridgehead atoms. The Morgan fingerprint density at radius 3 is 2.95 bits per heavy atom. The van der Waals surface area contributed by atoms with Gasteiger partial charge in [-0.1, -0.05) is 12.1 Å². The number of carbonyl (C=O) groups excluding carboxylic acids is 1. The number of aromatic nitrogens is 1. The lowest BCUT2D eigenvalue weighted by molar-refractivity contribution is 0.0926. The van der Waals surface area contributed by atoms with Crippen LogP contribution in [0.2, 0.25) is 0 Å². The van der Waals surface area contributed by atoms with Gasteiger partial charge < -0.3 is 14.8 Å². The first-order valence-electron chi connectivity index (χ1n) is 6.73. The molecule has 0 aliphatic rings. The standard InChI is InChI=1S/C15H17FN2O3S/c1-10(21-13-6-4-3-5-11(13)16)7-17-15(19)12-9-22-14(18-12)8-20-2/h3-6,9-10H,7-8H2,1-2H3,(H,17,19)/t10-/m0/s1. The Morgan fingerprint density at radius 2 is 2.23 bits per heavy atom. The summed E-state index contributed by atoms with van der Waals surface area (Å²) in [7, 11) is 1.57. The second kappa shape index (κ2) is 7.86. The fraction of sp³-hybridized carbons (Fsp3) is 0.333. The van der Waals surface area contributed by atoms with E-state index in [0.717, 1.165) is 5.01 Å². The van der Waals surface area contributed by atoms with Crippen LogP contribution in [0.3, 0.4) is 0 Å². The largest absolute Gasteiger partial charge is 0.486 e. The molecule has 1 N–H and O–H groups in total. The van der Waals surface area contributed by atoms with Crippen molar-refractivity contribution in [1.82, 2.24) is 10.3 Å². The zero-order valence-corrected chi connectivity index (χ0v) is 13.2. The highest BCUT2D eigenvalue weighted by molar-refractivity contribution is 7.09. The number of rotatable bonds is 7. The van der Waals surface area contributed by atoms with Crippen LogP contribution in [-0.4, -0.2) is 30.6 Å². The fourth-order valence-corrected chi connectivity index (χ4v) is 2.48. The van der Waals surface area contributed by atoms with Gasteiger partial charge in [0.25, 0.3) is 5.91 Å². The van der Waals surface area contributed by atoms with E-state index in [1.807, 2.05) is 0 Å². The van der Waals surface area contributed by atoms with Crippen molar-refractivity contribution >= 4 is 17.2 Å². The summed E-state index contributed by atoms with van der Waals surface area (Å²) in [6.07, 6.45) is -0.363. The molecular weight excluding hydrogens is 307 g/mol. The molecule has 22 heavy (non-hydrogen) atoms. The third-order valence-electron chi connectivity index (χ3n) is 2.77. The van der Waals surface area contributed by atoms with E-state index in [1.165, 1.54) is 17.4 Å². The first-order valence-corrected chi connectivity index (χ1v) is 7.61. The van der Waals surface area contributed by atoms with Gasteiger partial charge in [-0.25, -0.2) is 9.37 Å². The van der Waals surface area contributed by atoms with E-state index in [2.05, 4.69) is 10.3 Å². The number of hydrogen-bond donors (Lipinski definition) is 1. The van der Waals surface area contributed by atoms with Crippen LogP contribution in [0, 0.1) is 5.82 Å². The number of methoxy groups -OCH3 is 1. The molecule has 2 rings (SSSR count). The summed E-state index contributed by atoms with van der Waals surface area (Å²) in [5, 5.41) is 5.12. The molecule has 0 radical (unpaired) electrons. The van der Waals surface area contributed by atoms with E-state index < -0.39 is 5.82 Å². The number of nitrogens with zero attached hydrogens (tertiary/aromatic N) is 1. The highest BCUT2D eigenvalue weighted by atomic mass is 32.1. The molecule has 0 aliphatic heterocycles. The molecule has 1 aromatic carbocycles. The van der Waals surface area contributed by atoms with Crippen LogP contribution in [0.15, 0.2) is 29.6 Å². The summed E-state index contributed by atoms with van der Waals surface area (Å²) >= 11 is 1.36. The number of para-hydroxylation sites is 1. The minimum Gasteiger partial charge on any atom is -0.486 e. The van der Waals surface area contributed by atoms with Gasteiger partial charge >= 0.3 is 0 Å². The maximum absolute atomic E-state index is 13.5. The van der Waals surface area contributed by atoms with Gasteiger partial charge in [-0.05, 0) is 19.1 Å². The first-order chi connectivity index (χ1) is 10.6. The predicted octanol–water partition coefficient (Wildman–Crippen LogP) is 2.63. The summed E-state index contributed by atoms with van der Waals surface area (Å²) in [6, 6.07) is 6.16. The van der Waals surface area contributed by atoms with E-state index in [0.29, 0.717) is 12.3 Å². The summed E-state index contributed by atoms with van der Waals surface area (Å²) in [4.78, 5) is 16.1. The van der Waals surface area contributed by atoms with Crippen LogP contribution < -0.4 is 10.1 Å². The van der Waals surface area contributed by atoms with Gasteiger partial charge in [0.2, 0.25) is 0 Å². The Kier molecular flexibility index (Phi) is 5.85. The van der Waals surface area contributed by atoms with Gasteiger partial charge in [0.1, 0.15) is 16.8 Å². The molecule has 2 aromatic rings. The molecule has 1 heterocycles. The molecule has 1 aromatic heterocycles. The number of nitrogens with one attached hydrogen (secondary N) is 1. The molecule has 5 nitrogen and oxygen atoms in total. The average molecular weight is 324 g/mol. The lowest BCUT2D eigenvalue weighted by Crippen LogP contribution is -2.33. The van der Waals surface area contributed by atoms with Crippen LogP contribution in [0.1, 0.15) is 22.4 Å². The van der Waals surface area contributed by atoms with Crippen molar-refractivity contribution in [3.05, 3.63) is 46.2 Å². The molecule has 0 saturated heterocycles. The van der Waals surface area contributed by atoms with Gasteiger partial charge in [-0.15, -0.1) is 11.3 Å². The number of benzene rings is 1. The highest BCUT2D eigenvalue weighted by Crippen LogP contribution is 2.16. The molecule has 1 amide bonds. The maximum Gasteiger partial charge on any atom is 0.270 e. The van der Waals surface area contributed by atoms with Gasteiger partial charge in [0.15, 0.2) is 11.6 Å². The Labute approximate surface area is 132 Å². The van der Waals surface area contributed by atoms with E-state index >= 15 is 0 Å². The lowest BCUT2D eigenvalue weighted by Gasteiger charge is -2.15. The minimum absolute atomic E-state index is 0.167. The van der Waals surface area contributed by atoms with Crippen LogP contribution in [0.25, 0.3) is 0 Å². The minimum atomic E-state index is -0.426. The van der Waals surface area contributed by atoms with E-state index in [1.54, 1.807) is 37.6 Å². The predicted molar refractivity (Wildman–Crippen MR) is 81.7 cm³/mol. The third kappa shape index (κ3) is 4.51. The van der Waals surface area contributed by atoms with Gasteiger partial charge in [0, 0.05) is 12.5 Å². The monoisotopic (exact) mass is 324 g/mol. The summed E-state index contributed by atoms with van der Waals surface area (Å²) in [5.74, 6) is -0.549. The lowest BCUT2D eigenvalue weighted by atomic mass is 10.3. The van der Waals surface area contributed by atoms with Gasteiger partial charge in [0.05, 0.1) is 13.2 Å². The van der Waals surface area contributed by atoms with Gasteiger partial charge in [-0.2, -0.15) is 0 Å². The maximum atomic E-state index is 13.5. The van der Waals surface area contributed by atoms with Crippen LogP contribution in [0.5, 0.6) is 5.75 Å². The number of hydrogen-bond acceptors (Lipinski definition) is 5. The highest BCUT2D eigenvalue weighted by Gasteiger charge is 2.13. The molecule has 1 atom stereocenters. The third-order valence-corrected chi connectivity index (χ3v) is 3.59. The Balaban J connectivity index is 1.83. The molecule has 0 aliphatic carbocycles. The van der Waals surface area contributed by atoms with E-state index in [-0.39, 0.29) is 24.3 Å². The van der Waals surface area contributed by atoms with Crippen molar-refractivity contribution < 1.29 is 18.7 Å². The number of carbonyl (C=O) groups is 1. The SMILES string of the molecule is COCc1nc(C(=O)NC[C@H](C)Oc2ccccc2F)cs1. The molecule has 118 valence electrons. The van der Waals surface area contributed by atoms with Gasteiger partial charge in [-0.3, -0.25) is 4.79 Å². The van der Waals surface area contributed by atoms with E-state index in [4.69, 9.17) is 9.47 Å². The van der Waals surface area contributed by atoms with Crippen LogP contribution in [-0.2, 0) is 11.3 Å². The van der Waals surface area contributed by atoms with Crippen molar-refractivity contribution in [3.8, 4) is 5.75 Å². The quantitative estimate of drug-likeness (QED) is 0.850. The molecule has 0 spiro atoms. The van der Waals surface area contributed by atoms with Crippen molar-refractivity contribution in [3.63, 3.8) is 0 Å². The molecule has 0 saturated carbocycles. The summed E-state index contributed by atoms with van der Waals surface area (Å²) in [6.45, 7) is 2.39. The second-order valence-electron chi connectivity index (χ2n) is 4.63. The van der Waals surface area contributed by atoms with E-state index in [9.17, 15) is 9.18 Å². The van der Waals surface area contributed by atoms with Crippen molar-refractivity contribution in [1.29, 1.82) is 0 Å². The zero-order valence-electron chi connectivity index (χ0n) is 12.3. The van der Waals surface area contributed by atoms with Crippen LogP contribution >= 0.6 is 11.3 Å². The van der Waals surface area contributed by atoms with Crippen molar-refractivity contribution in [2.45, 2.75) is 19.6 Å². The number of ether oxygens (including phenoxy) is 2. The normalized spacial score (nSPS) is 12.0. The smallest absolute Gasteiger partial charge is 0.270 e. The molecule has 0 unspecified atom stereocenters. The zero-order chi connectivity index (χ0) is 15.9. The number of halogens is 1. The first kappa shape index (κ1) is 16.4. The molecule has 7 heteroatoms. The molecule has 0 fully saturated rings. The summed E-state index contributed by atoms with van der Waals surface area (Å²) < 4.78 is 23.9. The number of amides is 1. The topological polar surface area (TPSA) is 60.5 Å². The Bertz CT molecular complexity index is 633. The Hall–Kier alpha value is -1.99. The average Bonchev–Trinajstić information content (AvgIpc) is 2.96. The molecular formula is C15H17FN2O3S. The summed E-state index contributed by atoms with van der Waals surface area (Å²) in [5.41, 5.74) is 0.343. The van der Waals surface area contributed by atoms with Crippen LogP contribution in [0.4, 0.5) is 4.39 Å². The fourth-order valence-electron chi connectivity index (χ4n) is 1.73. The van der Waals surface area contributed by atoms with Crippen molar-refractivity contribution in [2.24, 2.45) is 0 Å². The Morgan fingerprint density at radius 1 is 1.45 bits per heavy atom. The number of thiazole rings is 1. The second-order valence-corrected chi connectivity index (χ2v) is 5.57.